The van der Waals surface area contributed by atoms with E-state index >= 15 is 0 Å². The zero-order valence-corrected chi connectivity index (χ0v) is 16.7. The van der Waals surface area contributed by atoms with E-state index < -0.39 is 0 Å². The molecule has 0 bridgehead atoms. The fourth-order valence-electron chi connectivity index (χ4n) is 3.99. The molecule has 1 saturated carbocycles. The van der Waals surface area contributed by atoms with E-state index in [2.05, 4.69) is 35.2 Å². The average Bonchev–Trinajstić information content (AvgIpc) is 2.74. The molecule has 0 heterocycles. The Labute approximate surface area is 168 Å². The van der Waals surface area contributed by atoms with Crippen LogP contribution in [-0.4, -0.2) is 30.2 Å². The summed E-state index contributed by atoms with van der Waals surface area (Å²) in [4.78, 5) is 2.44. The van der Waals surface area contributed by atoms with Crippen molar-refractivity contribution >= 4 is 0 Å². The Morgan fingerprint density at radius 1 is 1.00 bits per heavy atom. The molecule has 1 aliphatic rings. The summed E-state index contributed by atoms with van der Waals surface area (Å²) in [6.07, 6.45) is 5.15. The largest absolute Gasteiger partial charge is 0.490 e. The number of nitriles is 1. The highest BCUT2D eigenvalue weighted by molar-refractivity contribution is 5.39. The van der Waals surface area contributed by atoms with E-state index in [-0.39, 0.29) is 6.10 Å². The van der Waals surface area contributed by atoms with Crippen LogP contribution in [-0.2, 0) is 6.54 Å². The Morgan fingerprint density at radius 2 is 1.71 bits per heavy atom. The number of benzene rings is 2. The molecule has 1 aliphatic carbocycles. The third kappa shape index (κ3) is 5.50. The molecule has 0 radical (unpaired) electrons. The fraction of sp³-hybridized carbons (Fsp3) is 0.458. The van der Waals surface area contributed by atoms with Gasteiger partial charge in [-0.3, -0.25) is 4.90 Å². The van der Waals surface area contributed by atoms with E-state index in [1.807, 2.05) is 37.3 Å². The van der Waals surface area contributed by atoms with Crippen molar-refractivity contribution in [2.45, 2.75) is 57.7 Å². The SMILES string of the molecule is CCOc1ccccc1O[C@H]1CCCC[C@H]1N(CCC#N)Cc1ccccc1. The van der Waals surface area contributed by atoms with Crippen LogP contribution in [0.25, 0.3) is 0 Å². The van der Waals surface area contributed by atoms with Crippen LogP contribution in [0.2, 0.25) is 0 Å². The number of hydrogen-bond donors (Lipinski definition) is 0. The molecule has 0 aromatic heterocycles. The summed E-state index contributed by atoms with van der Waals surface area (Å²) in [5, 5.41) is 9.15. The number of para-hydroxylation sites is 2. The van der Waals surface area contributed by atoms with E-state index in [4.69, 9.17) is 14.7 Å². The van der Waals surface area contributed by atoms with Gasteiger partial charge in [-0.15, -0.1) is 0 Å². The summed E-state index contributed by atoms with van der Waals surface area (Å²) in [5.41, 5.74) is 1.28. The molecule has 0 aliphatic heterocycles. The van der Waals surface area contributed by atoms with Crippen molar-refractivity contribution in [3.63, 3.8) is 0 Å². The first kappa shape index (κ1) is 20.2. The molecule has 0 amide bonds. The Morgan fingerprint density at radius 3 is 2.46 bits per heavy atom. The van der Waals surface area contributed by atoms with E-state index in [0.29, 0.717) is 19.1 Å². The quantitative estimate of drug-likeness (QED) is 0.602. The summed E-state index contributed by atoms with van der Waals surface area (Å²) >= 11 is 0. The molecule has 0 saturated heterocycles. The van der Waals surface area contributed by atoms with Gasteiger partial charge in [-0.2, -0.15) is 5.26 Å². The van der Waals surface area contributed by atoms with Gasteiger partial charge in [-0.05, 0) is 43.9 Å². The lowest BCUT2D eigenvalue weighted by molar-refractivity contribution is 0.0306. The topological polar surface area (TPSA) is 45.5 Å². The molecule has 0 N–H and O–H groups in total. The van der Waals surface area contributed by atoms with Crippen molar-refractivity contribution in [2.24, 2.45) is 0 Å². The maximum Gasteiger partial charge on any atom is 0.161 e. The molecule has 4 heteroatoms. The van der Waals surface area contributed by atoms with E-state index in [0.717, 1.165) is 37.4 Å². The molecule has 2 atom stereocenters. The lowest BCUT2D eigenvalue weighted by atomic mass is 9.90. The first-order valence-electron chi connectivity index (χ1n) is 10.3. The monoisotopic (exact) mass is 378 g/mol. The van der Waals surface area contributed by atoms with Crippen LogP contribution in [0, 0.1) is 11.3 Å². The molecule has 148 valence electrons. The smallest absolute Gasteiger partial charge is 0.161 e. The first-order valence-corrected chi connectivity index (χ1v) is 10.3. The third-order valence-electron chi connectivity index (χ3n) is 5.30. The van der Waals surface area contributed by atoms with Crippen molar-refractivity contribution in [2.75, 3.05) is 13.2 Å². The van der Waals surface area contributed by atoms with Crippen LogP contribution < -0.4 is 9.47 Å². The minimum absolute atomic E-state index is 0.109. The highest BCUT2D eigenvalue weighted by Crippen LogP contribution is 2.33. The highest BCUT2D eigenvalue weighted by Gasteiger charge is 2.32. The van der Waals surface area contributed by atoms with Gasteiger partial charge < -0.3 is 9.47 Å². The van der Waals surface area contributed by atoms with Gasteiger partial charge in [0.05, 0.1) is 12.7 Å². The van der Waals surface area contributed by atoms with Gasteiger partial charge in [-0.1, -0.05) is 48.9 Å². The summed E-state index contributed by atoms with van der Waals surface area (Å²) in [6.45, 7) is 4.23. The van der Waals surface area contributed by atoms with Gasteiger partial charge >= 0.3 is 0 Å². The van der Waals surface area contributed by atoms with Gasteiger partial charge in [0.15, 0.2) is 11.5 Å². The standard InChI is InChI=1S/C24H30N2O2/c1-2-27-23-15-8-9-16-24(23)28-22-14-7-6-13-21(22)26(18-10-17-25)19-20-11-4-3-5-12-20/h3-5,8-9,11-12,15-16,21-22H,2,6-7,10,13-14,18-19H2,1H3/t21-,22+/m1/s1. The second-order valence-corrected chi connectivity index (χ2v) is 7.25. The van der Waals surface area contributed by atoms with Gasteiger partial charge in [0.25, 0.3) is 0 Å². The van der Waals surface area contributed by atoms with Crippen molar-refractivity contribution in [1.82, 2.24) is 4.90 Å². The molecule has 1 fully saturated rings. The Kier molecular flexibility index (Phi) is 7.75. The van der Waals surface area contributed by atoms with Crippen LogP contribution >= 0.6 is 0 Å². The Balaban J connectivity index is 1.78. The molecular weight excluding hydrogens is 348 g/mol. The minimum atomic E-state index is 0.109. The average molecular weight is 379 g/mol. The summed E-state index contributed by atoms with van der Waals surface area (Å²) in [6, 6.07) is 21.0. The summed E-state index contributed by atoms with van der Waals surface area (Å²) in [5.74, 6) is 1.63. The second kappa shape index (κ2) is 10.7. The van der Waals surface area contributed by atoms with Gasteiger partial charge in [0.1, 0.15) is 6.10 Å². The summed E-state index contributed by atoms with van der Waals surface area (Å²) < 4.78 is 12.3. The normalized spacial score (nSPS) is 19.2. The molecule has 0 unspecified atom stereocenters. The van der Waals surface area contributed by atoms with Gasteiger partial charge in [0, 0.05) is 25.6 Å². The van der Waals surface area contributed by atoms with E-state index in [9.17, 15) is 0 Å². The van der Waals surface area contributed by atoms with Crippen LogP contribution in [0.5, 0.6) is 11.5 Å². The van der Waals surface area contributed by atoms with Crippen molar-refractivity contribution in [3.05, 3.63) is 60.2 Å². The zero-order valence-electron chi connectivity index (χ0n) is 16.7. The van der Waals surface area contributed by atoms with Crippen LogP contribution in [0.3, 0.4) is 0 Å². The molecule has 28 heavy (non-hydrogen) atoms. The van der Waals surface area contributed by atoms with Crippen LogP contribution in [0.1, 0.15) is 44.6 Å². The fourth-order valence-corrected chi connectivity index (χ4v) is 3.99. The number of hydrogen-bond acceptors (Lipinski definition) is 4. The predicted molar refractivity (Wildman–Crippen MR) is 111 cm³/mol. The lowest BCUT2D eigenvalue weighted by Crippen LogP contribution is -2.48. The molecule has 3 rings (SSSR count). The van der Waals surface area contributed by atoms with Crippen molar-refractivity contribution in [1.29, 1.82) is 5.26 Å². The maximum atomic E-state index is 9.15. The summed E-state index contributed by atoms with van der Waals surface area (Å²) in [7, 11) is 0. The van der Waals surface area contributed by atoms with Crippen molar-refractivity contribution in [3.8, 4) is 17.6 Å². The number of nitrogens with zero attached hydrogens (tertiary/aromatic N) is 2. The number of rotatable bonds is 9. The zero-order chi connectivity index (χ0) is 19.6. The maximum absolute atomic E-state index is 9.15. The Hall–Kier alpha value is -2.51. The minimum Gasteiger partial charge on any atom is -0.490 e. The van der Waals surface area contributed by atoms with Crippen molar-refractivity contribution < 1.29 is 9.47 Å². The van der Waals surface area contributed by atoms with Gasteiger partial charge in [-0.25, -0.2) is 0 Å². The van der Waals surface area contributed by atoms with Crippen LogP contribution in [0.15, 0.2) is 54.6 Å². The van der Waals surface area contributed by atoms with E-state index in [1.165, 1.54) is 18.4 Å². The molecule has 2 aromatic carbocycles. The molecular formula is C24H30N2O2. The highest BCUT2D eigenvalue weighted by atomic mass is 16.5. The third-order valence-corrected chi connectivity index (χ3v) is 5.30. The lowest BCUT2D eigenvalue weighted by Gasteiger charge is -2.40. The molecule has 4 nitrogen and oxygen atoms in total. The molecule has 2 aromatic rings. The Bertz CT molecular complexity index is 757. The first-order chi connectivity index (χ1) is 13.8. The molecule has 0 spiro atoms. The number of ether oxygens (including phenoxy) is 2. The van der Waals surface area contributed by atoms with Gasteiger partial charge in [0.2, 0.25) is 0 Å². The second-order valence-electron chi connectivity index (χ2n) is 7.25. The van der Waals surface area contributed by atoms with Crippen LogP contribution in [0.4, 0.5) is 0 Å². The predicted octanol–water partition coefficient (Wildman–Crippen LogP) is 5.19. The van der Waals surface area contributed by atoms with E-state index in [1.54, 1.807) is 0 Å².